The van der Waals surface area contributed by atoms with Gasteiger partial charge in [0.15, 0.2) is 11.6 Å². The Hall–Kier alpha value is -1.57. The van der Waals surface area contributed by atoms with Crippen LogP contribution < -0.4 is 10.5 Å². The second-order valence-electron chi connectivity index (χ2n) is 3.80. The van der Waals surface area contributed by atoms with Crippen LogP contribution in [0.25, 0.3) is 0 Å². The molecule has 3 nitrogen and oxygen atoms in total. The number of ether oxygens (including phenoxy) is 1. The van der Waals surface area contributed by atoms with E-state index in [1.807, 2.05) is 19.0 Å². The molecule has 17 heavy (non-hydrogen) atoms. The average Bonchev–Trinajstić information content (AvgIpc) is 2.29. The molecule has 0 aromatic heterocycles. The van der Waals surface area contributed by atoms with E-state index < -0.39 is 0 Å². The van der Waals surface area contributed by atoms with Crippen LogP contribution in [0.5, 0.6) is 5.75 Å². The van der Waals surface area contributed by atoms with Crippen LogP contribution in [-0.2, 0) is 0 Å². The Morgan fingerprint density at radius 3 is 2.82 bits per heavy atom. The summed E-state index contributed by atoms with van der Waals surface area (Å²) in [6, 6.07) is 4.55. The zero-order valence-corrected chi connectivity index (χ0v) is 10.2. The van der Waals surface area contributed by atoms with E-state index >= 15 is 0 Å². The van der Waals surface area contributed by atoms with Crippen molar-refractivity contribution in [3.05, 3.63) is 29.6 Å². The molecule has 0 heterocycles. The fourth-order valence-corrected chi connectivity index (χ4v) is 1.18. The Morgan fingerprint density at radius 2 is 2.18 bits per heavy atom. The molecule has 0 aliphatic rings. The molecule has 2 N–H and O–H groups in total. The van der Waals surface area contributed by atoms with Crippen LogP contribution in [0, 0.1) is 17.7 Å². The normalized spacial score (nSPS) is 9.94. The highest BCUT2D eigenvalue weighted by atomic mass is 19.1. The third-order valence-electron chi connectivity index (χ3n) is 2.06. The maximum absolute atomic E-state index is 13.4. The van der Waals surface area contributed by atoms with Crippen LogP contribution in [0.3, 0.4) is 0 Å². The molecule has 0 radical (unpaired) electrons. The minimum absolute atomic E-state index is 0.232. The molecule has 0 spiro atoms. The lowest BCUT2D eigenvalue weighted by atomic mass is 10.2. The molecule has 0 aliphatic heterocycles. The highest BCUT2D eigenvalue weighted by Crippen LogP contribution is 2.18. The van der Waals surface area contributed by atoms with Crippen LogP contribution >= 0.6 is 0 Å². The van der Waals surface area contributed by atoms with Crippen molar-refractivity contribution < 1.29 is 9.13 Å². The molecular formula is C13H17FN2O. The standard InChI is InChI=1S/C13H17FN2O/c1-16(2)8-9-17-13-10-11(4-3-7-15)5-6-12(13)14/h5-6,10H,7-9,15H2,1-2H3. The molecule has 0 amide bonds. The van der Waals surface area contributed by atoms with Gasteiger partial charge in [-0.05, 0) is 32.3 Å². The van der Waals surface area contributed by atoms with Gasteiger partial charge in [-0.2, -0.15) is 0 Å². The molecule has 1 rings (SSSR count). The molecule has 0 fully saturated rings. The van der Waals surface area contributed by atoms with Crippen molar-refractivity contribution in [3.8, 4) is 17.6 Å². The van der Waals surface area contributed by atoms with Crippen LogP contribution in [0.4, 0.5) is 4.39 Å². The van der Waals surface area contributed by atoms with E-state index in [2.05, 4.69) is 11.8 Å². The first kappa shape index (κ1) is 13.5. The Balaban J connectivity index is 2.69. The number of hydrogen-bond acceptors (Lipinski definition) is 3. The number of benzene rings is 1. The van der Waals surface area contributed by atoms with Gasteiger partial charge < -0.3 is 15.4 Å². The summed E-state index contributed by atoms with van der Waals surface area (Å²) in [7, 11) is 3.87. The van der Waals surface area contributed by atoms with E-state index in [9.17, 15) is 4.39 Å². The van der Waals surface area contributed by atoms with Crippen molar-refractivity contribution >= 4 is 0 Å². The molecule has 0 bridgehead atoms. The predicted molar refractivity (Wildman–Crippen MR) is 66.4 cm³/mol. The van der Waals surface area contributed by atoms with E-state index in [-0.39, 0.29) is 18.1 Å². The zero-order valence-electron chi connectivity index (χ0n) is 10.2. The Kier molecular flexibility index (Phi) is 5.47. The topological polar surface area (TPSA) is 38.5 Å². The summed E-state index contributed by atoms with van der Waals surface area (Å²) in [6.07, 6.45) is 0. The van der Waals surface area contributed by atoms with Crippen molar-refractivity contribution in [2.24, 2.45) is 5.73 Å². The summed E-state index contributed by atoms with van der Waals surface area (Å²) in [4.78, 5) is 1.97. The van der Waals surface area contributed by atoms with Gasteiger partial charge in [0.05, 0.1) is 6.54 Å². The molecule has 92 valence electrons. The van der Waals surface area contributed by atoms with Crippen molar-refractivity contribution in [1.82, 2.24) is 4.90 Å². The maximum atomic E-state index is 13.4. The van der Waals surface area contributed by atoms with Crippen molar-refractivity contribution in [1.29, 1.82) is 0 Å². The number of likely N-dealkylation sites (N-methyl/N-ethyl adjacent to an activating group) is 1. The molecule has 0 aliphatic carbocycles. The molecule has 4 heteroatoms. The number of halogens is 1. The molecule has 0 saturated carbocycles. The van der Waals surface area contributed by atoms with E-state index in [0.29, 0.717) is 12.2 Å². The molecule has 1 aromatic rings. The summed E-state index contributed by atoms with van der Waals surface area (Å²) in [5.74, 6) is 5.42. The molecule has 0 atom stereocenters. The average molecular weight is 236 g/mol. The highest BCUT2D eigenvalue weighted by Gasteiger charge is 2.04. The van der Waals surface area contributed by atoms with Crippen LogP contribution in [0.15, 0.2) is 18.2 Å². The third-order valence-corrected chi connectivity index (χ3v) is 2.06. The summed E-state index contributed by atoms with van der Waals surface area (Å²) < 4.78 is 18.8. The van der Waals surface area contributed by atoms with E-state index in [4.69, 9.17) is 10.5 Å². The third kappa shape index (κ3) is 4.85. The highest BCUT2D eigenvalue weighted by molar-refractivity contribution is 5.40. The van der Waals surface area contributed by atoms with E-state index in [1.165, 1.54) is 6.07 Å². The van der Waals surface area contributed by atoms with Crippen molar-refractivity contribution in [2.45, 2.75) is 0 Å². The first-order chi connectivity index (χ1) is 8.13. The van der Waals surface area contributed by atoms with Gasteiger partial charge in [0.25, 0.3) is 0 Å². The Bertz CT molecular complexity index is 421. The monoisotopic (exact) mass is 236 g/mol. The zero-order chi connectivity index (χ0) is 12.7. The van der Waals surface area contributed by atoms with Gasteiger partial charge in [0.1, 0.15) is 6.61 Å². The maximum Gasteiger partial charge on any atom is 0.165 e. The first-order valence-corrected chi connectivity index (χ1v) is 5.39. The van der Waals surface area contributed by atoms with Gasteiger partial charge in [-0.1, -0.05) is 11.8 Å². The summed E-state index contributed by atoms with van der Waals surface area (Å²) in [5, 5.41) is 0. The lowest BCUT2D eigenvalue weighted by Gasteiger charge is -2.11. The summed E-state index contributed by atoms with van der Waals surface area (Å²) in [5.41, 5.74) is 5.98. The first-order valence-electron chi connectivity index (χ1n) is 5.39. The van der Waals surface area contributed by atoms with Crippen molar-refractivity contribution in [2.75, 3.05) is 33.8 Å². The van der Waals surface area contributed by atoms with Crippen LogP contribution in [0.1, 0.15) is 5.56 Å². The SMILES string of the molecule is CN(C)CCOc1cc(C#CCN)ccc1F. The van der Waals surface area contributed by atoms with Crippen LogP contribution in [-0.4, -0.2) is 38.7 Å². The van der Waals surface area contributed by atoms with E-state index in [1.54, 1.807) is 12.1 Å². The number of nitrogens with two attached hydrogens (primary N) is 1. The van der Waals surface area contributed by atoms with E-state index in [0.717, 1.165) is 6.54 Å². The second kappa shape index (κ2) is 6.89. The minimum Gasteiger partial charge on any atom is -0.489 e. The summed E-state index contributed by atoms with van der Waals surface area (Å²) in [6.45, 7) is 1.46. The number of nitrogens with zero attached hydrogens (tertiary/aromatic N) is 1. The van der Waals surface area contributed by atoms with Gasteiger partial charge in [-0.25, -0.2) is 4.39 Å². The van der Waals surface area contributed by atoms with Gasteiger partial charge in [0, 0.05) is 12.1 Å². The molecule has 0 unspecified atom stereocenters. The summed E-state index contributed by atoms with van der Waals surface area (Å²) >= 11 is 0. The quantitative estimate of drug-likeness (QED) is 0.795. The molecular weight excluding hydrogens is 219 g/mol. The minimum atomic E-state index is -0.373. The number of rotatable bonds is 4. The van der Waals surface area contributed by atoms with Gasteiger partial charge in [-0.3, -0.25) is 0 Å². The smallest absolute Gasteiger partial charge is 0.165 e. The second-order valence-corrected chi connectivity index (χ2v) is 3.80. The lowest BCUT2D eigenvalue weighted by molar-refractivity contribution is 0.252. The van der Waals surface area contributed by atoms with Gasteiger partial charge >= 0.3 is 0 Å². The number of hydrogen-bond donors (Lipinski definition) is 1. The molecule has 0 saturated heterocycles. The largest absolute Gasteiger partial charge is 0.489 e. The van der Waals surface area contributed by atoms with Gasteiger partial charge in [0.2, 0.25) is 0 Å². The Morgan fingerprint density at radius 1 is 1.41 bits per heavy atom. The van der Waals surface area contributed by atoms with Crippen LogP contribution in [0.2, 0.25) is 0 Å². The Labute approximate surface area is 101 Å². The predicted octanol–water partition coefficient (Wildman–Crippen LogP) is 1.08. The van der Waals surface area contributed by atoms with Gasteiger partial charge in [-0.15, -0.1) is 0 Å². The molecule has 1 aromatic carbocycles. The fraction of sp³-hybridized carbons (Fsp3) is 0.385. The van der Waals surface area contributed by atoms with Crippen molar-refractivity contribution in [3.63, 3.8) is 0 Å². The lowest BCUT2D eigenvalue weighted by Crippen LogP contribution is -2.19. The fourth-order valence-electron chi connectivity index (χ4n) is 1.18.